The minimum atomic E-state index is 0. The van der Waals surface area contributed by atoms with Gasteiger partial charge < -0.3 is 15.0 Å². The predicted molar refractivity (Wildman–Crippen MR) is 103 cm³/mol. The van der Waals surface area contributed by atoms with Crippen LogP contribution in [0.15, 0.2) is 11.2 Å². The molecule has 1 fully saturated rings. The third-order valence-electron chi connectivity index (χ3n) is 3.57. The van der Waals surface area contributed by atoms with E-state index < -0.39 is 0 Å². The molecule has 2 heterocycles. The Bertz CT molecular complexity index is 460. The van der Waals surface area contributed by atoms with Crippen molar-refractivity contribution in [3.8, 4) is 0 Å². The normalized spacial score (nSPS) is 18.1. The number of aromatic nitrogens is 1. The average molecular weight is 438 g/mol. The lowest BCUT2D eigenvalue weighted by Crippen LogP contribution is -2.41. The molecular formula is C15H27IN4OS. The molecule has 1 aliphatic heterocycles. The first kappa shape index (κ1) is 19.6. The van der Waals surface area contributed by atoms with Crippen LogP contribution in [0.25, 0.3) is 0 Å². The Hall–Kier alpha value is -0.410. The maximum atomic E-state index is 5.45. The van der Waals surface area contributed by atoms with Crippen molar-refractivity contribution < 1.29 is 4.74 Å². The van der Waals surface area contributed by atoms with Crippen molar-refractivity contribution >= 4 is 41.3 Å². The molecule has 5 nitrogen and oxygen atoms in total. The number of hydrogen-bond donors (Lipinski definition) is 1. The van der Waals surface area contributed by atoms with Gasteiger partial charge in [0.1, 0.15) is 5.01 Å². The minimum absolute atomic E-state index is 0. The zero-order chi connectivity index (χ0) is 15.1. The van der Waals surface area contributed by atoms with Crippen LogP contribution in [-0.4, -0.2) is 49.2 Å². The summed E-state index contributed by atoms with van der Waals surface area (Å²) in [5, 5.41) is 4.44. The van der Waals surface area contributed by atoms with Crippen molar-refractivity contribution in [1.29, 1.82) is 0 Å². The highest BCUT2D eigenvalue weighted by Crippen LogP contribution is 2.15. The van der Waals surface area contributed by atoms with Gasteiger partial charge in [-0.3, -0.25) is 0 Å². The second-order valence-corrected chi connectivity index (χ2v) is 6.55. The van der Waals surface area contributed by atoms with Gasteiger partial charge >= 0.3 is 0 Å². The molecule has 1 atom stereocenters. The van der Waals surface area contributed by atoms with E-state index in [-0.39, 0.29) is 24.0 Å². The molecule has 1 N–H and O–H groups in total. The van der Waals surface area contributed by atoms with Gasteiger partial charge in [0.2, 0.25) is 0 Å². The van der Waals surface area contributed by atoms with E-state index >= 15 is 0 Å². The summed E-state index contributed by atoms with van der Waals surface area (Å²) in [6, 6.07) is 0. The summed E-state index contributed by atoms with van der Waals surface area (Å²) in [5.74, 6) is 1.57. The number of hydrogen-bond acceptors (Lipinski definition) is 4. The van der Waals surface area contributed by atoms with E-state index in [1.807, 2.05) is 6.20 Å². The van der Waals surface area contributed by atoms with Crippen LogP contribution >= 0.6 is 35.3 Å². The van der Waals surface area contributed by atoms with Crippen molar-refractivity contribution in [3.63, 3.8) is 0 Å². The highest BCUT2D eigenvalue weighted by Gasteiger charge is 2.19. The standard InChI is InChI=1S/C15H26N4OS.HI/c1-4-13-8-17-14(21-13)9-18-15(16-5-2)19(3)10-12-6-7-20-11-12;/h8,12H,4-7,9-11H2,1-3H3,(H,16,18);1H. The van der Waals surface area contributed by atoms with Crippen molar-refractivity contribution in [2.24, 2.45) is 10.9 Å². The van der Waals surface area contributed by atoms with Gasteiger partial charge in [-0.15, -0.1) is 35.3 Å². The Kier molecular flexibility index (Phi) is 9.27. The molecule has 0 aromatic carbocycles. The van der Waals surface area contributed by atoms with Crippen LogP contribution < -0.4 is 5.32 Å². The molecule has 0 amide bonds. The Balaban J connectivity index is 0.00000242. The summed E-state index contributed by atoms with van der Waals surface area (Å²) in [5.41, 5.74) is 0. The van der Waals surface area contributed by atoms with Crippen molar-refractivity contribution in [2.45, 2.75) is 33.2 Å². The van der Waals surface area contributed by atoms with Crippen molar-refractivity contribution in [3.05, 3.63) is 16.1 Å². The molecule has 0 spiro atoms. The fourth-order valence-electron chi connectivity index (χ4n) is 2.40. The molecule has 126 valence electrons. The summed E-state index contributed by atoms with van der Waals surface area (Å²) >= 11 is 1.75. The van der Waals surface area contributed by atoms with Crippen LogP contribution in [0.4, 0.5) is 0 Å². The molecule has 7 heteroatoms. The lowest BCUT2D eigenvalue weighted by molar-refractivity contribution is 0.181. The quantitative estimate of drug-likeness (QED) is 0.422. The average Bonchev–Trinajstić information content (AvgIpc) is 3.14. The number of thiazole rings is 1. The molecule has 0 radical (unpaired) electrons. The molecule has 0 aliphatic carbocycles. The Morgan fingerprint density at radius 1 is 1.55 bits per heavy atom. The van der Waals surface area contributed by atoms with Crippen LogP contribution in [0, 0.1) is 5.92 Å². The van der Waals surface area contributed by atoms with Gasteiger partial charge in [-0.1, -0.05) is 6.92 Å². The van der Waals surface area contributed by atoms with Crippen molar-refractivity contribution in [2.75, 3.05) is 33.4 Å². The van der Waals surface area contributed by atoms with Crippen LogP contribution in [-0.2, 0) is 17.7 Å². The fraction of sp³-hybridized carbons (Fsp3) is 0.733. The van der Waals surface area contributed by atoms with Gasteiger partial charge in [0.25, 0.3) is 0 Å². The second kappa shape index (κ2) is 10.4. The van der Waals surface area contributed by atoms with E-state index in [2.05, 4.69) is 36.1 Å². The number of halogens is 1. The largest absolute Gasteiger partial charge is 0.381 e. The Morgan fingerprint density at radius 2 is 2.36 bits per heavy atom. The fourth-order valence-corrected chi connectivity index (χ4v) is 3.18. The van der Waals surface area contributed by atoms with Crippen LogP contribution in [0.5, 0.6) is 0 Å². The van der Waals surface area contributed by atoms with Gasteiger partial charge in [-0.2, -0.15) is 0 Å². The number of nitrogens with one attached hydrogen (secondary N) is 1. The van der Waals surface area contributed by atoms with E-state index in [0.29, 0.717) is 12.5 Å². The number of aliphatic imine (C=N–C) groups is 1. The van der Waals surface area contributed by atoms with Gasteiger partial charge in [0.05, 0.1) is 13.2 Å². The first-order valence-corrected chi connectivity index (χ1v) is 8.55. The maximum absolute atomic E-state index is 5.45. The highest BCUT2D eigenvalue weighted by atomic mass is 127. The molecule has 1 aliphatic rings. The van der Waals surface area contributed by atoms with E-state index in [9.17, 15) is 0 Å². The smallest absolute Gasteiger partial charge is 0.194 e. The summed E-state index contributed by atoms with van der Waals surface area (Å²) in [7, 11) is 2.10. The van der Waals surface area contributed by atoms with Gasteiger partial charge in [-0.05, 0) is 19.8 Å². The summed E-state index contributed by atoms with van der Waals surface area (Å²) < 4.78 is 5.45. The van der Waals surface area contributed by atoms with Crippen LogP contribution in [0.1, 0.15) is 30.2 Å². The van der Waals surface area contributed by atoms with Gasteiger partial charge in [-0.25, -0.2) is 9.98 Å². The minimum Gasteiger partial charge on any atom is -0.381 e. The molecule has 22 heavy (non-hydrogen) atoms. The summed E-state index contributed by atoms with van der Waals surface area (Å²) in [4.78, 5) is 12.7. The molecule has 1 unspecified atom stereocenters. The number of rotatable bonds is 6. The third kappa shape index (κ3) is 6.00. The lowest BCUT2D eigenvalue weighted by atomic mass is 10.1. The molecule has 1 aromatic heterocycles. The molecule has 1 saturated heterocycles. The number of guanidine groups is 1. The molecule has 2 rings (SSSR count). The summed E-state index contributed by atoms with van der Waals surface area (Å²) in [6.07, 6.45) is 4.15. The first-order chi connectivity index (χ1) is 10.2. The monoisotopic (exact) mass is 438 g/mol. The molecular weight excluding hydrogens is 411 g/mol. The van der Waals surface area contributed by atoms with Gasteiger partial charge in [0.15, 0.2) is 5.96 Å². The van der Waals surface area contributed by atoms with E-state index in [0.717, 1.165) is 50.1 Å². The van der Waals surface area contributed by atoms with E-state index in [1.54, 1.807) is 11.3 Å². The van der Waals surface area contributed by atoms with Crippen LogP contribution in [0.2, 0.25) is 0 Å². The number of nitrogens with zero attached hydrogens (tertiary/aromatic N) is 3. The van der Waals surface area contributed by atoms with E-state index in [4.69, 9.17) is 9.73 Å². The predicted octanol–water partition coefficient (Wildman–Crippen LogP) is 2.76. The molecule has 0 saturated carbocycles. The zero-order valence-corrected chi connectivity index (χ0v) is 16.8. The Labute approximate surface area is 154 Å². The third-order valence-corrected chi connectivity index (χ3v) is 4.69. The number of ether oxygens (including phenoxy) is 1. The van der Waals surface area contributed by atoms with Gasteiger partial charge in [0, 0.05) is 43.7 Å². The maximum Gasteiger partial charge on any atom is 0.194 e. The zero-order valence-electron chi connectivity index (χ0n) is 13.7. The lowest BCUT2D eigenvalue weighted by Gasteiger charge is -2.24. The SMILES string of the molecule is CCNC(=NCc1ncc(CC)s1)N(C)CC1CCOC1.I. The Morgan fingerprint density at radius 3 is 2.95 bits per heavy atom. The highest BCUT2D eigenvalue weighted by molar-refractivity contribution is 14.0. The number of aryl methyl sites for hydroxylation is 1. The molecule has 0 bridgehead atoms. The van der Waals surface area contributed by atoms with Crippen molar-refractivity contribution in [1.82, 2.24) is 15.2 Å². The topological polar surface area (TPSA) is 49.8 Å². The summed E-state index contributed by atoms with van der Waals surface area (Å²) in [6.45, 7) is 8.54. The van der Waals surface area contributed by atoms with E-state index in [1.165, 1.54) is 4.88 Å². The molecule has 1 aromatic rings. The first-order valence-electron chi connectivity index (χ1n) is 7.73. The van der Waals surface area contributed by atoms with Crippen LogP contribution in [0.3, 0.4) is 0 Å². The second-order valence-electron chi connectivity index (χ2n) is 5.35.